The molecule has 0 bridgehead atoms. The number of aliphatic carboxylic acids is 1. The van der Waals surface area contributed by atoms with Gasteiger partial charge in [0.05, 0.1) is 0 Å². The number of carbonyl (C=O) groups excluding carboxylic acids is 1. The fraction of sp³-hybridized carbons (Fsp3) is 0.273. The SMILES string of the molecule is Cc1nnc(CC(NC(=O)OCC2c3ccccc3-c3ccccc32)C(=O)O)n1C. The Labute approximate surface area is 173 Å². The highest BCUT2D eigenvalue weighted by molar-refractivity contribution is 5.81. The molecule has 1 amide bonds. The lowest BCUT2D eigenvalue weighted by atomic mass is 9.98. The summed E-state index contributed by atoms with van der Waals surface area (Å²) in [4.78, 5) is 24.0. The minimum absolute atomic E-state index is 0.0108. The van der Waals surface area contributed by atoms with Crippen LogP contribution in [0.2, 0.25) is 0 Å². The highest BCUT2D eigenvalue weighted by Crippen LogP contribution is 2.44. The van der Waals surface area contributed by atoms with Crippen LogP contribution in [0.25, 0.3) is 11.1 Å². The Bertz CT molecular complexity index is 1060. The predicted octanol–water partition coefficient (Wildman–Crippen LogP) is 2.66. The zero-order valence-corrected chi connectivity index (χ0v) is 16.7. The van der Waals surface area contributed by atoms with E-state index in [0.717, 1.165) is 22.3 Å². The van der Waals surface area contributed by atoms with Gasteiger partial charge in [0.25, 0.3) is 0 Å². The van der Waals surface area contributed by atoms with Gasteiger partial charge in [-0.1, -0.05) is 48.5 Å². The normalized spacial score (nSPS) is 13.4. The molecule has 1 aromatic heterocycles. The predicted molar refractivity (Wildman–Crippen MR) is 109 cm³/mol. The van der Waals surface area contributed by atoms with Gasteiger partial charge in [-0.3, -0.25) is 0 Å². The molecule has 2 aromatic carbocycles. The quantitative estimate of drug-likeness (QED) is 0.652. The minimum Gasteiger partial charge on any atom is -0.480 e. The van der Waals surface area contributed by atoms with Crippen LogP contribution in [0, 0.1) is 6.92 Å². The summed E-state index contributed by atoms with van der Waals surface area (Å²) in [6, 6.07) is 14.9. The van der Waals surface area contributed by atoms with E-state index in [9.17, 15) is 14.7 Å². The molecule has 2 N–H and O–H groups in total. The van der Waals surface area contributed by atoms with E-state index < -0.39 is 18.1 Å². The van der Waals surface area contributed by atoms with Crippen molar-refractivity contribution in [3.63, 3.8) is 0 Å². The van der Waals surface area contributed by atoms with E-state index in [4.69, 9.17) is 4.74 Å². The Morgan fingerprint density at radius 1 is 1.10 bits per heavy atom. The summed E-state index contributed by atoms with van der Waals surface area (Å²) in [5.41, 5.74) is 4.44. The average molecular weight is 406 g/mol. The van der Waals surface area contributed by atoms with E-state index in [-0.39, 0.29) is 18.9 Å². The smallest absolute Gasteiger partial charge is 0.407 e. The van der Waals surface area contributed by atoms with Gasteiger partial charge in [0.1, 0.15) is 24.3 Å². The summed E-state index contributed by atoms with van der Waals surface area (Å²) in [6.45, 7) is 1.89. The van der Waals surface area contributed by atoms with Gasteiger partial charge >= 0.3 is 12.1 Å². The summed E-state index contributed by atoms with van der Waals surface area (Å²) in [5.74, 6) is -0.119. The number of hydrogen-bond donors (Lipinski definition) is 2. The van der Waals surface area contributed by atoms with Gasteiger partial charge in [-0.05, 0) is 29.2 Å². The molecule has 8 nitrogen and oxygen atoms in total. The van der Waals surface area contributed by atoms with Crippen LogP contribution < -0.4 is 5.32 Å². The molecule has 3 aromatic rings. The van der Waals surface area contributed by atoms with Crippen molar-refractivity contribution in [1.29, 1.82) is 0 Å². The van der Waals surface area contributed by atoms with Crippen molar-refractivity contribution in [2.45, 2.75) is 25.3 Å². The molecule has 0 radical (unpaired) electrons. The van der Waals surface area contributed by atoms with Crippen LogP contribution in [0.15, 0.2) is 48.5 Å². The largest absolute Gasteiger partial charge is 0.480 e. The maximum Gasteiger partial charge on any atom is 0.407 e. The number of nitrogens with zero attached hydrogens (tertiary/aromatic N) is 3. The Hall–Kier alpha value is -3.68. The third kappa shape index (κ3) is 3.63. The van der Waals surface area contributed by atoms with E-state index in [2.05, 4.69) is 27.6 Å². The molecular weight excluding hydrogens is 384 g/mol. The van der Waals surface area contributed by atoms with Crippen molar-refractivity contribution in [3.05, 3.63) is 71.3 Å². The van der Waals surface area contributed by atoms with Gasteiger partial charge in [-0.2, -0.15) is 0 Å². The Kier molecular flexibility index (Phi) is 5.22. The summed E-state index contributed by atoms with van der Waals surface area (Å²) >= 11 is 0. The van der Waals surface area contributed by atoms with Gasteiger partial charge in [-0.25, -0.2) is 9.59 Å². The molecule has 1 heterocycles. The molecule has 8 heteroatoms. The third-order valence-electron chi connectivity index (χ3n) is 5.50. The fourth-order valence-corrected chi connectivity index (χ4v) is 3.79. The van der Waals surface area contributed by atoms with E-state index in [1.165, 1.54) is 0 Å². The summed E-state index contributed by atoms with van der Waals surface area (Å²) in [6.07, 6.45) is -0.764. The standard InChI is InChI=1S/C22H22N4O4/c1-13-24-25-20(26(13)2)11-19(21(27)28)23-22(29)30-12-18-16-9-5-3-7-14(16)15-8-4-6-10-17(15)18/h3-10,18-19H,11-12H2,1-2H3,(H,23,29)(H,27,28). The lowest BCUT2D eigenvalue weighted by Gasteiger charge is -2.17. The molecule has 0 fully saturated rings. The van der Waals surface area contributed by atoms with E-state index in [1.54, 1.807) is 18.5 Å². The van der Waals surface area contributed by atoms with Crippen LogP contribution in [0.5, 0.6) is 0 Å². The number of carboxylic acid groups (broad SMARTS) is 1. The van der Waals surface area contributed by atoms with Gasteiger partial charge in [0.2, 0.25) is 0 Å². The molecule has 0 saturated carbocycles. The highest BCUT2D eigenvalue weighted by Gasteiger charge is 2.30. The number of ether oxygens (including phenoxy) is 1. The van der Waals surface area contributed by atoms with Crippen molar-refractivity contribution in [1.82, 2.24) is 20.1 Å². The second kappa shape index (κ2) is 7.98. The molecule has 154 valence electrons. The van der Waals surface area contributed by atoms with E-state index in [0.29, 0.717) is 11.6 Å². The minimum atomic E-state index is -1.16. The van der Waals surface area contributed by atoms with Crippen LogP contribution in [-0.4, -0.2) is 44.6 Å². The van der Waals surface area contributed by atoms with Crippen molar-refractivity contribution in [3.8, 4) is 11.1 Å². The van der Waals surface area contributed by atoms with Gasteiger partial charge in [0, 0.05) is 19.4 Å². The maximum absolute atomic E-state index is 12.4. The molecule has 0 spiro atoms. The number of carbonyl (C=O) groups is 2. The van der Waals surface area contributed by atoms with Crippen LogP contribution in [-0.2, 0) is 23.0 Å². The number of hydrogen-bond acceptors (Lipinski definition) is 5. The van der Waals surface area contributed by atoms with E-state index >= 15 is 0 Å². The first-order valence-electron chi connectivity index (χ1n) is 9.65. The first-order chi connectivity index (χ1) is 14.5. The first-order valence-corrected chi connectivity index (χ1v) is 9.65. The molecule has 4 rings (SSSR count). The number of amides is 1. The number of benzene rings is 2. The fourth-order valence-electron chi connectivity index (χ4n) is 3.79. The number of fused-ring (bicyclic) bond motifs is 3. The molecular formula is C22H22N4O4. The average Bonchev–Trinajstić information content (AvgIpc) is 3.23. The number of carboxylic acids is 1. The van der Waals surface area contributed by atoms with Crippen molar-refractivity contribution >= 4 is 12.1 Å². The number of rotatable bonds is 6. The zero-order chi connectivity index (χ0) is 21.3. The Morgan fingerprint density at radius 2 is 1.70 bits per heavy atom. The lowest BCUT2D eigenvalue weighted by Crippen LogP contribution is -2.43. The second-order valence-electron chi connectivity index (χ2n) is 7.29. The molecule has 0 saturated heterocycles. The molecule has 1 aliphatic carbocycles. The lowest BCUT2D eigenvalue weighted by molar-refractivity contribution is -0.139. The van der Waals surface area contributed by atoms with Crippen LogP contribution in [0.1, 0.15) is 28.7 Å². The number of aryl methyl sites for hydroxylation is 1. The summed E-state index contributed by atoms with van der Waals surface area (Å²) in [5, 5.41) is 19.8. The topological polar surface area (TPSA) is 106 Å². The Balaban J connectivity index is 1.44. The number of alkyl carbamates (subject to hydrolysis) is 1. The van der Waals surface area contributed by atoms with Gasteiger partial charge in [-0.15, -0.1) is 10.2 Å². The van der Waals surface area contributed by atoms with Crippen molar-refractivity contribution < 1.29 is 19.4 Å². The summed E-state index contributed by atoms with van der Waals surface area (Å²) < 4.78 is 7.13. The molecule has 0 aliphatic heterocycles. The number of aromatic nitrogens is 3. The van der Waals surface area contributed by atoms with Crippen LogP contribution in [0.4, 0.5) is 4.79 Å². The zero-order valence-electron chi connectivity index (χ0n) is 16.7. The van der Waals surface area contributed by atoms with Gasteiger partial charge in [0.15, 0.2) is 0 Å². The summed E-state index contributed by atoms with van der Waals surface area (Å²) in [7, 11) is 1.75. The molecule has 1 unspecified atom stereocenters. The van der Waals surface area contributed by atoms with Gasteiger partial charge < -0.3 is 19.7 Å². The Morgan fingerprint density at radius 3 is 2.23 bits per heavy atom. The molecule has 1 atom stereocenters. The molecule has 1 aliphatic rings. The number of nitrogens with one attached hydrogen (secondary N) is 1. The maximum atomic E-state index is 12.4. The third-order valence-corrected chi connectivity index (χ3v) is 5.50. The van der Waals surface area contributed by atoms with Crippen LogP contribution in [0.3, 0.4) is 0 Å². The monoisotopic (exact) mass is 406 g/mol. The first kappa shape index (κ1) is 19.6. The second-order valence-corrected chi connectivity index (χ2v) is 7.29. The van der Waals surface area contributed by atoms with E-state index in [1.807, 2.05) is 36.4 Å². The molecule has 30 heavy (non-hydrogen) atoms. The van der Waals surface area contributed by atoms with Crippen LogP contribution >= 0.6 is 0 Å². The van der Waals surface area contributed by atoms with Crippen molar-refractivity contribution in [2.75, 3.05) is 6.61 Å². The highest BCUT2D eigenvalue weighted by atomic mass is 16.5. The van der Waals surface area contributed by atoms with Crippen molar-refractivity contribution in [2.24, 2.45) is 7.05 Å².